The first kappa shape index (κ1) is 10.8. The molecule has 0 aliphatic carbocycles. The Hall–Kier alpha value is -1.28. The van der Waals surface area contributed by atoms with E-state index < -0.39 is 0 Å². The Morgan fingerprint density at radius 3 is 2.50 bits per heavy atom. The van der Waals surface area contributed by atoms with Crippen molar-refractivity contribution in [2.45, 2.75) is 19.9 Å². The first-order valence-electron chi connectivity index (χ1n) is 4.63. The van der Waals surface area contributed by atoms with Crippen LogP contribution in [0.2, 0.25) is 0 Å². The number of benzene rings is 1. The van der Waals surface area contributed by atoms with E-state index in [-0.39, 0.29) is 6.04 Å². The third-order valence-electron chi connectivity index (χ3n) is 2.40. The Balaban J connectivity index is 3.21. The Bertz CT molecular complexity index is 344. The molecule has 0 bridgehead atoms. The number of rotatable bonds is 3. The van der Waals surface area contributed by atoms with Gasteiger partial charge in [-0.05, 0) is 36.6 Å². The number of hydrogen-bond acceptors (Lipinski definition) is 2. The van der Waals surface area contributed by atoms with Gasteiger partial charge in [0.1, 0.15) is 5.75 Å². The molecule has 0 fully saturated rings. The summed E-state index contributed by atoms with van der Waals surface area (Å²) in [5.74, 6) is 0.905. The summed E-state index contributed by atoms with van der Waals surface area (Å²) in [6.07, 6.45) is 1.74. The van der Waals surface area contributed by atoms with Gasteiger partial charge < -0.3 is 10.5 Å². The lowest BCUT2D eigenvalue weighted by Crippen LogP contribution is -2.09. The first-order valence-corrected chi connectivity index (χ1v) is 4.63. The van der Waals surface area contributed by atoms with Crippen molar-refractivity contribution in [2.75, 3.05) is 7.11 Å². The van der Waals surface area contributed by atoms with E-state index in [9.17, 15) is 0 Å². The van der Waals surface area contributed by atoms with Crippen molar-refractivity contribution in [3.05, 3.63) is 41.5 Å². The normalized spacial score (nSPS) is 12.3. The fraction of sp³-hybridized carbons (Fsp3) is 0.333. The van der Waals surface area contributed by atoms with Crippen molar-refractivity contribution < 1.29 is 4.74 Å². The quantitative estimate of drug-likeness (QED) is 0.745. The first-order chi connectivity index (χ1) is 6.60. The predicted molar refractivity (Wildman–Crippen MR) is 59.6 cm³/mol. The van der Waals surface area contributed by atoms with Gasteiger partial charge in [-0.25, -0.2) is 0 Å². The minimum Gasteiger partial charge on any atom is -0.496 e. The highest BCUT2D eigenvalue weighted by atomic mass is 16.5. The van der Waals surface area contributed by atoms with E-state index in [1.807, 2.05) is 19.9 Å². The molecule has 0 aromatic heterocycles. The zero-order valence-electron chi connectivity index (χ0n) is 9.00. The Kier molecular flexibility index (Phi) is 3.31. The Morgan fingerprint density at radius 2 is 2.00 bits per heavy atom. The Morgan fingerprint density at radius 1 is 1.36 bits per heavy atom. The van der Waals surface area contributed by atoms with Crippen LogP contribution in [0.15, 0.2) is 24.8 Å². The molecule has 14 heavy (non-hydrogen) atoms. The van der Waals surface area contributed by atoms with Gasteiger partial charge in [0.2, 0.25) is 0 Å². The molecule has 1 aromatic carbocycles. The van der Waals surface area contributed by atoms with E-state index in [0.717, 1.165) is 22.4 Å². The fourth-order valence-corrected chi connectivity index (χ4v) is 1.52. The molecule has 1 atom stereocenters. The molecular formula is C12H17NO. The second-order valence-electron chi connectivity index (χ2n) is 3.44. The highest BCUT2D eigenvalue weighted by Gasteiger charge is 2.08. The molecule has 0 unspecified atom stereocenters. The second-order valence-corrected chi connectivity index (χ2v) is 3.44. The van der Waals surface area contributed by atoms with Crippen LogP contribution in [0.25, 0.3) is 0 Å². The van der Waals surface area contributed by atoms with Crippen molar-refractivity contribution in [1.82, 2.24) is 0 Å². The topological polar surface area (TPSA) is 35.2 Å². The van der Waals surface area contributed by atoms with Gasteiger partial charge in [-0.15, -0.1) is 6.58 Å². The fourth-order valence-electron chi connectivity index (χ4n) is 1.52. The molecule has 0 saturated heterocycles. The lowest BCUT2D eigenvalue weighted by Gasteiger charge is -2.14. The van der Waals surface area contributed by atoms with Gasteiger partial charge in [0.05, 0.1) is 7.11 Å². The van der Waals surface area contributed by atoms with Gasteiger partial charge in [0.15, 0.2) is 0 Å². The molecule has 2 heteroatoms. The maximum absolute atomic E-state index is 5.90. The SMILES string of the molecule is C=C[C@H](N)c1cc(C)c(OC)cc1C. The predicted octanol–water partition coefficient (Wildman–Crippen LogP) is 2.50. The molecule has 0 aliphatic rings. The molecule has 0 heterocycles. The van der Waals surface area contributed by atoms with E-state index >= 15 is 0 Å². The van der Waals surface area contributed by atoms with Crippen LogP contribution in [-0.4, -0.2) is 7.11 Å². The maximum atomic E-state index is 5.90. The standard InChI is InChI=1S/C12H17NO/c1-5-11(13)10-6-9(3)12(14-4)7-8(10)2/h5-7,11H,1,13H2,2-4H3/t11-/m0/s1. The van der Waals surface area contributed by atoms with Crippen LogP contribution in [0.4, 0.5) is 0 Å². The molecule has 0 amide bonds. The molecule has 0 spiro atoms. The Labute approximate surface area is 85.4 Å². The zero-order chi connectivity index (χ0) is 10.7. The summed E-state index contributed by atoms with van der Waals surface area (Å²) in [7, 11) is 1.68. The number of nitrogens with two attached hydrogens (primary N) is 1. The van der Waals surface area contributed by atoms with E-state index in [1.54, 1.807) is 13.2 Å². The van der Waals surface area contributed by atoms with E-state index in [1.165, 1.54) is 0 Å². The van der Waals surface area contributed by atoms with Crippen LogP contribution in [0, 0.1) is 13.8 Å². The summed E-state index contributed by atoms with van der Waals surface area (Å²) in [5.41, 5.74) is 9.25. The van der Waals surface area contributed by atoms with Crippen LogP contribution in [-0.2, 0) is 0 Å². The largest absolute Gasteiger partial charge is 0.496 e. The minimum atomic E-state index is -0.0976. The van der Waals surface area contributed by atoms with E-state index in [4.69, 9.17) is 10.5 Å². The average Bonchev–Trinajstić information content (AvgIpc) is 2.19. The number of methoxy groups -OCH3 is 1. The lowest BCUT2D eigenvalue weighted by atomic mass is 9.99. The van der Waals surface area contributed by atoms with Crippen molar-refractivity contribution in [2.24, 2.45) is 5.73 Å². The van der Waals surface area contributed by atoms with Crippen LogP contribution in [0.1, 0.15) is 22.7 Å². The molecule has 1 rings (SSSR count). The molecule has 0 saturated carbocycles. The van der Waals surface area contributed by atoms with Crippen molar-refractivity contribution >= 4 is 0 Å². The summed E-state index contributed by atoms with van der Waals surface area (Å²) in [4.78, 5) is 0. The average molecular weight is 191 g/mol. The summed E-state index contributed by atoms with van der Waals surface area (Å²) < 4.78 is 5.23. The summed E-state index contributed by atoms with van der Waals surface area (Å²) in [6.45, 7) is 7.73. The van der Waals surface area contributed by atoms with Gasteiger partial charge in [-0.2, -0.15) is 0 Å². The third kappa shape index (κ3) is 1.96. The van der Waals surface area contributed by atoms with Crippen molar-refractivity contribution in [3.8, 4) is 5.75 Å². The summed E-state index contributed by atoms with van der Waals surface area (Å²) in [6, 6.07) is 3.97. The minimum absolute atomic E-state index is 0.0976. The monoisotopic (exact) mass is 191 g/mol. The van der Waals surface area contributed by atoms with Crippen LogP contribution in [0.3, 0.4) is 0 Å². The molecule has 2 N–H and O–H groups in total. The van der Waals surface area contributed by atoms with E-state index in [2.05, 4.69) is 12.6 Å². The lowest BCUT2D eigenvalue weighted by molar-refractivity contribution is 0.411. The highest BCUT2D eigenvalue weighted by Crippen LogP contribution is 2.25. The highest BCUT2D eigenvalue weighted by molar-refractivity contribution is 5.43. The van der Waals surface area contributed by atoms with Crippen LogP contribution in [0.5, 0.6) is 5.75 Å². The van der Waals surface area contributed by atoms with Crippen molar-refractivity contribution in [1.29, 1.82) is 0 Å². The van der Waals surface area contributed by atoms with Gasteiger partial charge in [0, 0.05) is 6.04 Å². The smallest absolute Gasteiger partial charge is 0.122 e. The maximum Gasteiger partial charge on any atom is 0.122 e. The molecular weight excluding hydrogens is 174 g/mol. The molecule has 0 aliphatic heterocycles. The number of hydrogen-bond donors (Lipinski definition) is 1. The van der Waals surface area contributed by atoms with Crippen LogP contribution >= 0.6 is 0 Å². The third-order valence-corrected chi connectivity index (χ3v) is 2.40. The molecule has 0 radical (unpaired) electrons. The van der Waals surface area contributed by atoms with Crippen molar-refractivity contribution in [3.63, 3.8) is 0 Å². The van der Waals surface area contributed by atoms with Gasteiger partial charge in [-0.3, -0.25) is 0 Å². The zero-order valence-corrected chi connectivity index (χ0v) is 9.00. The summed E-state index contributed by atoms with van der Waals surface area (Å²) in [5, 5.41) is 0. The van der Waals surface area contributed by atoms with E-state index in [0.29, 0.717) is 0 Å². The molecule has 76 valence electrons. The summed E-state index contributed by atoms with van der Waals surface area (Å²) >= 11 is 0. The van der Waals surface area contributed by atoms with Gasteiger partial charge in [0.25, 0.3) is 0 Å². The second kappa shape index (κ2) is 4.29. The number of ether oxygens (including phenoxy) is 1. The number of aryl methyl sites for hydroxylation is 2. The molecule has 2 nitrogen and oxygen atoms in total. The van der Waals surface area contributed by atoms with Gasteiger partial charge in [-0.1, -0.05) is 12.1 Å². The molecule has 1 aromatic rings. The van der Waals surface area contributed by atoms with Crippen LogP contribution < -0.4 is 10.5 Å². The van der Waals surface area contributed by atoms with Gasteiger partial charge >= 0.3 is 0 Å².